The van der Waals surface area contributed by atoms with Crippen molar-refractivity contribution in [3.63, 3.8) is 0 Å². The zero-order valence-corrected chi connectivity index (χ0v) is 15.3. The van der Waals surface area contributed by atoms with Crippen molar-refractivity contribution in [3.05, 3.63) is 23.8 Å². The maximum absolute atomic E-state index is 12.6. The Morgan fingerprint density at radius 3 is 2.00 bits per heavy atom. The summed E-state index contributed by atoms with van der Waals surface area (Å²) in [7, 11) is 3.29. The molecule has 136 valence electrons. The molecular formula is C21H29NO3. The molecule has 0 spiro atoms. The molecule has 0 saturated heterocycles. The van der Waals surface area contributed by atoms with E-state index in [1.54, 1.807) is 14.2 Å². The van der Waals surface area contributed by atoms with Crippen LogP contribution in [0.5, 0.6) is 11.5 Å². The van der Waals surface area contributed by atoms with Gasteiger partial charge in [0.15, 0.2) is 0 Å². The Balaban J connectivity index is 1.37. The molecule has 1 N–H and O–H groups in total. The molecule has 4 saturated carbocycles. The number of ether oxygens (including phenoxy) is 2. The average Bonchev–Trinajstić information content (AvgIpc) is 2.58. The van der Waals surface area contributed by atoms with Gasteiger partial charge in [0, 0.05) is 19.0 Å². The van der Waals surface area contributed by atoms with Gasteiger partial charge in [0.05, 0.1) is 14.2 Å². The van der Waals surface area contributed by atoms with Crippen molar-refractivity contribution in [2.45, 2.75) is 51.5 Å². The maximum Gasteiger partial charge on any atom is 0.220 e. The maximum atomic E-state index is 12.6. The SMILES string of the molecule is COc1cc(CNC(=O)CC23CC4CC(CC(C4)C2)C3)cc(OC)c1. The summed E-state index contributed by atoms with van der Waals surface area (Å²) in [5.74, 6) is 4.38. The molecule has 1 amide bonds. The van der Waals surface area contributed by atoms with Crippen molar-refractivity contribution in [2.24, 2.45) is 23.2 Å². The fourth-order valence-corrected chi connectivity index (χ4v) is 6.08. The van der Waals surface area contributed by atoms with Gasteiger partial charge in [-0.05, 0) is 79.4 Å². The molecule has 0 aromatic heterocycles. The van der Waals surface area contributed by atoms with Crippen LogP contribution in [0.4, 0.5) is 0 Å². The lowest BCUT2D eigenvalue weighted by Crippen LogP contribution is -2.47. The largest absolute Gasteiger partial charge is 0.497 e. The molecule has 4 bridgehead atoms. The lowest BCUT2D eigenvalue weighted by Gasteiger charge is -2.56. The molecule has 4 aliphatic carbocycles. The smallest absolute Gasteiger partial charge is 0.220 e. The van der Waals surface area contributed by atoms with Gasteiger partial charge in [-0.25, -0.2) is 0 Å². The molecule has 5 rings (SSSR count). The molecule has 0 heterocycles. The molecule has 0 unspecified atom stereocenters. The summed E-state index contributed by atoms with van der Waals surface area (Å²) in [6, 6.07) is 5.75. The van der Waals surface area contributed by atoms with Crippen LogP contribution < -0.4 is 14.8 Å². The molecule has 0 radical (unpaired) electrons. The Hall–Kier alpha value is -1.71. The molecule has 4 fully saturated rings. The van der Waals surface area contributed by atoms with Crippen LogP contribution in [-0.4, -0.2) is 20.1 Å². The number of benzene rings is 1. The van der Waals surface area contributed by atoms with E-state index < -0.39 is 0 Å². The lowest BCUT2D eigenvalue weighted by atomic mass is 9.49. The zero-order valence-electron chi connectivity index (χ0n) is 15.3. The van der Waals surface area contributed by atoms with Gasteiger partial charge in [-0.15, -0.1) is 0 Å². The predicted octanol–water partition coefficient (Wildman–Crippen LogP) is 3.93. The van der Waals surface area contributed by atoms with Crippen molar-refractivity contribution in [2.75, 3.05) is 14.2 Å². The topological polar surface area (TPSA) is 47.6 Å². The van der Waals surface area contributed by atoms with Gasteiger partial charge in [0.2, 0.25) is 5.91 Å². The number of hydrogen-bond acceptors (Lipinski definition) is 3. The second-order valence-electron chi connectivity index (χ2n) is 8.59. The van der Waals surface area contributed by atoms with E-state index >= 15 is 0 Å². The number of nitrogens with one attached hydrogen (secondary N) is 1. The number of carbonyl (C=O) groups is 1. The van der Waals surface area contributed by atoms with Gasteiger partial charge < -0.3 is 14.8 Å². The van der Waals surface area contributed by atoms with Gasteiger partial charge in [-0.2, -0.15) is 0 Å². The monoisotopic (exact) mass is 343 g/mol. The second kappa shape index (κ2) is 6.54. The van der Waals surface area contributed by atoms with Crippen LogP contribution in [0.1, 0.15) is 50.5 Å². The minimum absolute atomic E-state index is 0.198. The highest BCUT2D eigenvalue weighted by Crippen LogP contribution is 2.61. The molecular weight excluding hydrogens is 314 g/mol. The van der Waals surface area contributed by atoms with E-state index in [1.807, 2.05) is 18.2 Å². The molecule has 4 aliphatic rings. The molecule has 0 aliphatic heterocycles. The van der Waals surface area contributed by atoms with Gasteiger partial charge in [-0.3, -0.25) is 4.79 Å². The lowest BCUT2D eigenvalue weighted by molar-refractivity contribution is -0.129. The molecule has 4 nitrogen and oxygen atoms in total. The third-order valence-corrected chi connectivity index (χ3v) is 6.60. The van der Waals surface area contributed by atoms with Crippen LogP contribution in [0.25, 0.3) is 0 Å². The van der Waals surface area contributed by atoms with E-state index in [1.165, 1.54) is 38.5 Å². The molecule has 4 heteroatoms. The summed E-state index contributed by atoms with van der Waals surface area (Å²) in [5.41, 5.74) is 1.31. The van der Waals surface area contributed by atoms with Crippen molar-refractivity contribution in [1.29, 1.82) is 0 Å². The quantitative estimate of drug-likeness (QED) is 0.851. The first-order valence-electron chi connectivity index (χ1n) is 9.56. The zero-order chi connectivity index (χ0) is 17.4. The van der Waals surface area contributed by atoms with Crippen LogP contribution in [0, 0.1) is 23.2 Å². The Morgan fingerprint density at radius 1 is 1.00 bits per heavy atom. The third-order valence-electron chi connectivity index (χ3n) is 6.60. The standard InChI is InChI=1S/C21H29NO3/c1-24-18-6-17(7-19(8-18)25-2)13-22-20(23)12-21-9-14-3-15(10-21)5-16(4-14)11-21/h6-8,14-16H,3-5,9-13H2,1-2H3,(H,22,23). The minimum atomic E-state index is 0.198. The highest BCUT2D eigenvalue weighted by molar-refractivity contribution is 5.76. The van der Waals surface area contributed by atoms with Crippen LogP contribution >= 0.6 is 0 Å². The Morgan fingerprint density at radius 2 is 1.52 bits per heavy atom. The van der Waals surface area contributed by atoms with Crippen LogP contribution in [0.3, 0.4) is 0 Å². The van der Waals surface area contributed by atoms with Crippen LogP contribution in [0.15, 0.2) is 18.2 Å². The van der Waals surface area contributed by atoms with Gasteiger partial charge in [0.1, 0.15) is 11.5 Å². The Labute approximate surface area is 150 Å². The van der Waals surface area contributed by atoms with Gasteiger partial charge >= 0.3 is 0 Å². The van der Waals surface area contributed by atoms with E-state index in [0.717, 1.165) is 34.8 Å². The number of hydrogen-bond donors (Lipinski definition) is 1. The van der Waals surface area contributed by atoms with E-state index in [9.17, 15) is 4.79 Å². The van der Waals surface area contributed by atoms with Gasteiger partial charge in [-0.1, -0.05) is 0 Å². The second-order valence-corrected chi connectivity index (χ2v) is 8.59. The van der Waals surface area contributed by atoms with Crippen LogP contribution in [-0.2, 0) is 11.3 Å². The molecule has 0 atom stereocenters. The number of amides is 1. The van der Waals surface area contributed by atoms with Crippen molar-refractivity contribution >= 4 is 5.91 Å². The highest BCUT2D eigenvalue weighted by Gasteiger charge is 2.51. The number of carbonyl (C=O) groups excluding carboxylic acids is 1. The summed E-state index contributed by atoms with van der Waals surface area (Å²) in [6.45, 7) is 0.527. The average molecular weight is 343 g/mol. The summed E-state index contributed by atoms with van der Waals surface area (Å²) < 4.78 is 10.6. The summed E-state index contributed by atoms with van der Waals surface area (Å²) in [5, 5.41) is 3.13. The minimum Gasteiger partial charge on any atom is -0.497 e. The number of methoxy groups -OCH3 is 2. The first kappa shape index (κ1) is 16.7. The van der Waals surface area contributed by atoms with E-state index in [2.05, 4.69) is 5.32 Å². The van der Waals surface area contributed by atoms with E-state index in [-0.39, 0.29) is 5.91 Å². The first-order chi connectivity index (χ1) is 12.1. The fraction of sp³-hybridized carbons (Fsp3) is 0.667. The molecule has 1 aromatic carbocycles. The fourth-order valence-electron chi connectivity index (χ4n) is 6.08. The molecule has 25 heavy (non-hydrogen) atoms. The summed E-state index contributed by atoms with van der Waals surface area (Å²) in [4.78, 5) is 12.6. The van der Waals surface area contributed by atoms with Crippen LogP contribution in [0.2, 0.25) is 0 Å². The third kappa shape index (κ3) is 3.49. The molecule has 1 aromatic rings. The Kier molecular flexibility index (Phi) is 4.38. The van der Waals surface area contributed by atoms with Crippen molar-refractivity contribution < 1.29 is 14.3 Å². The summed E-state index contributed by atoms with van der Waals surface area (Å²) in [6.07, 6.45) is 8.80. The number of rotatable bonds is 6. The first-order valence-corrected chi connectivity index (χ1v) is 9.56. The van der Waals surface area contributed by atoms with E-state index in [4.69, 9.17) is 9.47 Å². The van der Waals surface area contributed by atoms with Gasteiger partial charge in [0.25, 0.3) is 0 Å². The van der Waals surface area contributed by atoms with Crippen molar-refractivity contribution in [1.82, 2.24) is 5.32 Å². The normalized spacial score (nSPS) is 32.5. The predicted molar refractivity (Wildman–Crippen MR) is 96.6 cm³/mol. The Bertz CT molecular complexity index is 597. The summed E-state index contributed by atoms with van der Waals surface area (Å²) >= 11 is 0. The highest BCUT2D eigenvalue weighted by atomic mass is 16.5. The van der Waals surface area contributed by atoms with E-state index in [0.29, 0.717) is 18.4 Å². The van der Waals surface area contributed by atoms with Crippen molar-refractivity contribution in [3.8, 4) is 11.5 Å².